The van der Waals surface area contributed by atoms with E-state index < -0.39 is 10.0 Å². The molecule has 21 heavy (non-hydrogen) atoms. The van der Waals surface area contributed by atoms with Crippen molar-refractivity contribution in [3.8, 4) is 0 Å². The van der Waals surface area contributed by atoms with Crippen LogP contribution in [-0.2, 0) is 16.6 Å². The molecule has 2 rings (SSSR count). The summed E-state index contributed by atoms with van der Waals surface area (Å²) in [5.74, 6) is 0.0559. The van der Waals surface area contributed by atoms with Gasteiger partial charge in [-0.3, -0.25) is 4.68 Å². The van der Waals surface area contributed by atoms with Crippen LogP contribution in [0, 0.1) is 0 Å². The first-order chi connectivity index (χ1) is 10.0. The van der Waals surface area contributed by atoms with Crippen molar-refractivity contribution < 1.29 is 8.42 Å². The normalized spacial score (nSPS) is 17.2. The molecule has 0 spiro atoms. The largest absolute Gasteiger partial charge is 0.381 e. The Labute approximate surface area is 126 Å². The highest BCUT2D eigenvalue weighted by atomic mass is 32.2. The summed E-state index contributed by atoms with van der Waals surface area (Å²) in [6, 6.07) is 0. The number of aryl methyl sites for hydroxylation is 1. The molecule has 3 N–H and O–H groups in total. The zero-order chi connectivity index (χ0) is 15.3. The van der Waals surface area contributed by atoms with Gasteiger partial charge in [-0.05, 0) is 45.8 Å². The summed E-state index contributed by atoms with van der Waals surface area (Å²) in [4.78, 5) is 2.46. The molecule has 0 unspecified atom stereocenters. The third-order valence-corrected chi connectivity index (χ3v) is 5.24. The molecule has 0 bridgehead atoms. The topological polar surface area (TPSA) is 93.2 Å². The quantitative estimate of drug-likeness (QED) is 0.720. The fraction of sp³-hybridized carbons (Fsp3) is 0.769. The number of piperidine rings is 1. The van der Waals surface area contributed by atoms with E-state index in [1.807, 2.05) is 6.92 Å². The summed E-state index contributed by atoms with van der Waals surface area (Å²) < 4.78 is 28.5. The van der Waals surface area contributed by atoms with E-state index in [4.69, 9.17) is 5.73 Å². The molecular formula is C13H25N5O2S. The maximum atomic E-state index is 12.2. The van der Waals surface area contributed by atoms with Gasteiger partial charge in [0.2, 0.25) is 10.0 Å². The lowest BCUT2D eigenvalue weighted by atomic mass is 10.1. The SMILES string of the molecule is CCn1cc(S(=O)(=O)NCCCN2CCCCC2)c(N)n1. The van der Waals surface area contributed by atoms with E-state index in [0.29, 0.717) is 13.1 Å². The van der Waals surface area contributed by atoms with Crippen LogP contribution in [0.2, 0.25) is 0 Å². The lowest BCUT2D eigenvalue weighted by Crippen LogP contribution is -2.33. The highest BCUT2D eigenvalue weighted by Crippen LogP contribution is 2.15. The standard InChI is InChI=1S/C13H25N5O2S/c1-2-18-11-12(13(14)16-18)21(19,20)15-7-6-10-17-8-4-3-5-9-17/h11,15H,2-10H2,1H3,(H2,14,16). The molecule has 1 aromatic rings. The van der Waals surface area contributed by atoms with Crippen molar-refractivity contribution in [3.05, 3.63) is 6.20 Å². The van der Waals surface area contributed by atoms with Gasteiger partial charge in [0.05, 0.1) is 0 Å². The minimum atomic E-state index is -3.56. The number of nitrogens with zero attached hydrogens (tertiary/aromatic N) is 3. The van der Waals surface area contributed by atoms with Gasteiger partial charge in [-0.1, -0.05) is 6.42 Å². The van der Waals surface area contributed by atoms with E-state index in [0.717, 1.165) is 26.1 Å². The average molecular weight is 315 g/mol. The third-order valence-electron chi connectivity index (χ3n) is 3.76. The maximum Gasteiger partial charge on any atom is 0.245 e. The van der Waals surface area contributed by atoms with E-state index >= 15 is 0 Å². The molecule has 1 saturated heterocycles. The Kier molecular flexibility index (Phi) is 5.60. The number of hydrogen-bond donors (Lipinski definition) is 2. The fourth-order valence-electron chi connectivity index (χ4n) is 2.56. The van der Waals surface area contributed by atoms with Crippen LogP contribution in [0.15, 0.2) is 11.1 Å². The van der Waals surface area contributed by atoms with Gasteiger partial charge in [0.1, 0.15) is 4.90 Å². The molecule has 1 aliphatic heterocycles. The molecule has 0 amide bonds. The first kappa shape index (κ1) is 16.3. The van der Waals surface area contributed by atoms with Gasteiger partial charge in [-0.25, -0.2) is 13.1 Å². The number of rotatable bonds is 7. The van der Waals surface area contributed by atoms with Crippen molar-refractivity contribution in [3.63, 3.8) is 0 Å². The van der Waals surface area contributed by atoms with Gasteiger partial charge >= 0.3 is 0 Å². The first-order valence-corrected chi connectivity index (χ1v) is 9.06. The molecule has 0 aliphatic carbocycles. The van der Waals surface area contributed by atoms with Crippen molar-refractivity contribution in [2.24, 2.45) is 0 Å². The zero-order valence-corrected chi connectivity index (χ0v) is 13.4. The van der Waals surface area contributed by atoms with E-state index in [1.54, 1.807) is 0 Å². The van der Waals surface area contributed by atoms with Crippen molar-refractivity contribution in [2.45, 2.75) is 44.0 Å². The minimum absolute atomic E-state index is 0.0559. The number of likely N-dealkylation sites (tertiary alicyclic amines) is 1. The van der Waals surface area contributed by atoms with Gasteiger partial charge < -0.3 is 10.6 Å². The Morgan fingerprint density at radius 1 is 1.33 bits per heavy atom. The zero-order valence-electron chi connectivity index (χ0n) is 12.6. The number of anilines is 1. The summed E-state index contributed by atoms with van der Waals surface area (Å²) in [6.45, 7) is 6.09. The third kappa shape index (κ3) is 4.42. The van der Waals surface area contributed by atoms with Crippen LogP contribution in [0.5, 0.6) is 0 Å². The first-order valence-electron chi connectivity index (χ1n) is 7.58. The molecule has 0 radical (unpaired) electrons. The molecule has 0 aromatic carbocycles. The van der Waals surface area contributed by atoms with Gasteiger partial charge in [-0.15, -0.1) is 0 Å². The highest BCUT2D eigenvalue weighted by molar-refractivity contribution is 7.89. The van der Waals surface area contributed by atoms with Crippen molar-refractivity contribution >= 4 is 15.8 Å². The predicted octanol–water partition coefficient (Wildman–Crippen LogP) is 0.640. The average Bonchev–Trinajstić information content (AvgIpc) is 2.87. The van der Waals surface area contributed by atoms with Crippen molar-refractivity contribution in [1.82, 2.24) is 19.4 Å². The molecule has 0 saturated carbocycles. The smallest absolute Gasteiger partial charge is 0.245 e. The lowest BCUT2D eigenvalue weighted by Gasteiger charge is -2.26. The van der Waals surface area contributed by atoms with Crippen LogP contribution in [0.3, 0.4) is 0 Å². The number of sulfonamides is 1. The Balaban J connectivity index is 1.82. The lowest BCUT2D eigenvalue weighted by molar-refractivity contribution is 0.227. The van der Waals surface area contributed by atoms with Crippen molar-refractivity contribution in [1.29, 1.82) is 0 Å². The molecule has 2 heterocycles. The second-order valence-electron chi connectivity index (χ2n) is 5.39. The van der Waals surface area contributed by atoms with E-state index in [-0.39, 0.29) is 10.7 Å². The van der Waals surface area contributed by atoms with Gasteiger partial charge in [-0.2, -0.15) is 5.10 Å². The Morgan fingerprint density at radius 3 is 2.67 bits per heavy atom. The Morgan fingerprint density at radius 2 is 2.05 bits per heavy atom. The predicted molar refractivity (Wildman–Crippen MR) is 82.4 cm³/mol. The fourth-order valence-corrected chi connectivity index (χ4v) is 3.70. The van der Waals surface area contributed by atoms with E-state index in [9.17, 15) is 8.42 Å². The summed E-state index contributed by atoms with van der Waals surface area (Å²) in [6.07, 6.45) is 6.09. The van der Waals surface area contributed by atoms with Crippen LogP contribution < -0.4 is 10.5 Å². The molecular weight excluding hydrogens is 290 g/mol. The van der Waals surface area contributed by atoms with Crippen molar-refractivity contribution in [2.75, 3.05) is 31.9 Å². The van der Waals surface area contributed by atoms with Gasteiger partial charge in [0.15, 0.2) is 5.82 Å². The van der Waals surface area contributed by atoms with Gasteiger partial charge in [0.25, 0.3) is 0 Å². The second-order valence-corrected chi connectivity index (χ2v) is 7.12. The highest BCUT2D eigenvalue weighted by Gasteiger charge is 2.20. The summed E-state index contributed by atoms with van der Waals surface area (Å²) in [5, 5.41) is 3.96. The minimum Gasteiger partial charge on any atom is -0.381 e. The summed E-state index contributed by atoms with van der Waals surface area (Å²) in [7, 11) is -3.56. The molecule has 1 fully saturated rings. The number of nitrogens with two attached hydrogens (primary N) is 1. The van der Waals surface area contributed by atoms with E-state index in [2.05, 4.69) is 14.7 Å². The molecule has 8 heteroatoms. The van der Waals surface area contributed by atoms with Crippen LogP contribution >= 0.6 is 0 Å². The molecule has 1 aliphatic rings. The summed E-state index contributed by atoms with van der Waals surface area (Å²) in [5.41, 5.74) is 5.66. The number of hydrogen-bond acceptors (Lipinski definition) is 5. The second kappa shape index (κ2) is 7.24. The molecule has 7 nitrogen and oxygen atoms in total. The monoisotopic (exact) mass is 315 g/mol. The molecule has 0 atom stereocenters. The summed E-state index contributed by atoms with van der Waals surface area (Å²) >= 11 is 0. The Bertz CT molecular complexity index is 549. The number of nitrogen functional groups attached to an aromatic ring is 1. The van der Waals surface area contributed by atoms with Gasteiger partial charge in [0, 0.05) is 19.3 Å². The Hall–Kier alpha value is -1.12. The van der Waals surface area contributed by atoms with Crippen LogP contribution in [0.1, 0.15) is 32.6 Å². The van der Waals surface area contributed by atoms with Crippen LogP contribution in [-0.4, -0.2) is 49.3 Å². The molecule has 1 aromatic heterocycles. The number of nitrogens with one attached hydrogen (secondary N) is 1. The van der Waals surface area contributed by atoms with E-state index in [1.165, 1.54) is 30.1 Å². The maximum absolute atomic E-state index is 12.2. The van der Waals surface area contributed by atoms with Crippen LogP contribution in [0.25, 0.3) is 0 Å². The molecule has 120 valence electrons. The number of aromatic nitrogens is 2. The van der Waals surface area contributed by atoms with Crippen LogP contribution in [0.4, 0.5) is 5.82 Å².